The molecule has 0 saturated carbocycles. The third kappa shape index (κ3) is 4.45. The molecule has 0 radical (unpaired) electrons. The van der Waals surface area contributed by atoms with E-state index in [2.05, 4.69) is 15.3 Å². The third-order valence-corrected chi connectivity index (χ3v) is 3.66. The second kappa shape index (κ2) is 6.78. The maximum atomic E-state index is 12.4. The Balaban J connectivity index is 1.96. The topological polar surface area (TPSA) is 54.9 Å². The van der Waals surface area contributed by atoms with E-state index in [-0.39, 0.29) is 5.91 Å². The molecule has 0 aliphatic heterocycles. The summed E-state index contributed by atoms with van der Waals surface area (Å²) in [5.74, 6) is -0.336. The van der Waals surface area contributed by atoms with Crippen molar-refractivity contribution in [3.05, 3.63) is 48.3 Å². The predicted octanol–water partition coefficient (Wildman–Crippen LogP) is 3.61. The fraction of sp³-hybridized carbons (Fsp3) is 0.214. The number of benzene rings is 1. The van der Waals surface area contributed by atoms with Crippen molar-refractivity contribution in [1.82, 2.24) is 9.97 Å². The summed E-state index contributed by atoms with van der Waals surface area (Å²) in [5.41, 5.74) is -0.454. The molecule has 2 aromatic rings. The Kier molecular flexibility index (Phi) is 5.02. The molecule has 116 valence electrons. The number of rotatable bonds is 4. The van der Waals surface area contributed by atoms with Crippen LogP contribution in [0.3, 0.4) is 0 Å². The highest BCUT2D eigenvalue weighted by Crippen LogP contribution is 2.30. The summed E-state index contributed by atoms with van der Waals surface area (Å²) < 4.78 is 37.3. The zero-order valence-corrected chi connectivity index (χ0v) is 12.3. The molecule has 0 saturated heterocycles. The quantitative estimate of drug-likeness (QED) is 0.688. The molecule has 0 bridgehead atoms. The number of halogens is 3. The van der Waals surface area contributed by atoms with Crippen molar-refractivity contribution in [2.75, 3.05) is 5.32 Å². The van der Waals surface area contributed by atoms with Gasteiger partial charge in [-0.15, -0.1) is 0 Å². The number of amides is 1. The van der Waals surface area contributed by atoms with E-state index in [9.17, 15) is 18.0 Å². The van der Waals surface area contributed by atoms with Crippen molar-refractivity contribution >= 4 is 23.4 Å². The molecule has 2 rings (SSSR count). The Bertz CT molecular complexity index is 632. The highest BCUT2D eigenvalue weighted by atomic mass is 32.2. The Morgan fingerprint density at radius 2 is 1.77 bits per heavy atom. The number of hydrogen-bond donors (Lipinski definition) is 1. The summed E-state index contributed by atoms with van der Waals surface area (Å²) in [6.45, 7) is 1.67. The Morgan fingerprint density at radius 3 is 2.32 bits per heavy atom. The molecule has 22 heavy (non-hydrogen) atoms. The normalized spacial score (nSPS) is 12.7. The minimum Gasteiger partial charge on any atom is -0.325 e. The summed E-state index contributed by atoms with van der Waals surface area (Å²) in [7, 11) is 0. The fourth-order valence-corrected chi connectivity index (χ4v) is 2.27. The smallest absolute Gasteiger partial charge is 0.325 e. The molecule has 0 spiro atoms. The number of alkyl halides is 3. The van der Waals surface area contributed by atoms with Crippen LogP contribution in [0.2, 0.25) is 0 Å². The molecular weight excluding hydrogens is 315 g/mol. The van der Waals surface area contributed by atoms with Gasteiger partial charge in [0.05, 0.1) is 10.8 Å². The second-order valence-electron chi connectivity index (χ2n) is 4.36. The SMILES string of the molecule is C[C@@H](Sc1ncccn1)C(=O)Nc1ccc(C(F)(F)F)cc1. The highest BCUT2D eigenvalue weighted by molar-refractivity contribution is 8.00. The number of hydrogen-bond acceptors (Lipinski definition) is 4. The zero-order chi connectivity index (χ0) is 16.2. The van der Waals surface area contributed by atoms with Crippen LogP contribution in [0.4, 0.5) is 18.9 Å². The number of nitrogens with zero attached hydrogens (tertiary/aromatic N) is 2. The zero-order valence-electron chi connectivity index (χ0n) is 11.5. The van der Waals surface area contributed by atoms with Gasteiger partial charge >= 0.3 is 6.18 Å². The van der Waals surface area contributed by atoms with Gasteiger partial charge in [-0.3, -0.25) is 4.79 Å². The number of thioether (sulfide) groups is 1. The van der Waals surface area contributed by atoms with Gasteiger partial charge < -0.3 is 5.32 Å². The largest absolute Gasteiger partial charge is 0.416 e. The van der Waals surface area contributed by atoms with Crippen molar-refractivity contribution in [3.8, 4) is 0 Å². The van der Waals surface area contributed by atoms with Crippen LogP contribution in [0.25, 0.3) is 0 Å². The molecule has 1 atom stereocenters. The van der Waals surface area contributed by atoms with Crippen molar-refractivity contribution < 1.29 is 18.0 Å². The molecule has 0 aliphatic carbocycles. The molecule has 0 unspecified atom stereocenters. The first-order valence-electron chi connectivity index (χ1n) is 6.28. The van der Waals surface area contributed by atoms with E-state index in [0.717, 1.165) is 23.9 Å². The summed E-state index contributed by atoms with van der Waals surface area (Å²) in [5, 5.41) is 2.53. The minimum atomic E-state index is -4.39. The lowest BCUT2D eigenvalue weighted by molar-refractivity contribution is -0.137. The van der Waals surface area contributed by atoms with Gasteiger partial charge in [0, 0.05) is 18.1 Å². The van der Waals surface area contributed by atoms with Crippen LogP contribution in [-0.2, 0) is 11.0 Å². The lowest BCUT2D eigenvalue weighted by Gasteiger charge is -2.12. The van der Waals surface area contributed by atoms with Crippen LogP contribution < -0.4 is 5.32 Å². The summed E-state index contributed by atoms with van der Waals surface area (Å²) >= 11 is 1.16. The molecule has 1 aromatic carbocycles. The van der Waals surface area contributed by atoms with Gasteiger partial charge in [-0.2, -0.15) is 13.2 Å². The fourth-order valence-electron chi connectivity index (χ4n) is 1.54. The van der Waals surface area contributed by atoms with Gasteiger partial charge in [0.15, 0.2) is 5.16 Å². The van der Waals surface area contributed by atoms with Crippen molar-refractivity contribution in [3.63, 3.8) is 0 Å². The van der Waals surface area contributed by atoms with Crippen molar-refractivity contribution in [2.45, 2.75) is 23.5 Å². The minimum absolute atomic E-state index is 0.305. The van der Waals surface area contributed by atoms with Gasteiger partial charge in [-0.05, 0) is 37.3 Å². The maximum absolute atomic E-state index is 12.4. The van der Waals surface area contributed by atoms with Crippen LogP contribution in [0.1, 0.15) is 12.5 Å². The van der Waals surface area contributed by atoms with E-state index in [4.69, 9.17) is 0 Å². The van der Waals surface area contributed by atoms with Gasteiger partial charge in [0.25, 0.3) is 0 Å². The first-order chi connectivity index (χ1) is 10.4. The van der Waals surface area contributed by atoms with Crippen LogP contribution in [-0.4, -0.2) is 21.1 Å². The van der Waals surface area contributed by atoms with E-state index in [1.165, 1.54) is 12.1 Å². The van der Waals surface area contributed by atoms with E-state index >= 15 is 0 Å². The van der Waals surface area contributed by atoms with Crippen LogP contribution >= 0.6 is 11.8 Å². The predicted molar refractivity (Wildman–Crippen MR) is 77.4 cm³/mol. The number of nitrogens with one attached hydrogen (secondary N) is 1. The summed E-state index contributed by atoms with van der Waals surface area (Å²) in [4.78, 5) is 20.0. The summed E-state index contributed by atoms with van der Waals surface area (Å²) in [6.07, 6.45) is -1.26. The van der Waals surface area contributed by atoms with Gasteiger partial charge in [-0.25, -0.2) is 9.97 Å². The molecular formula is C14H12F3N3OS. The molecule has 4 nitrogen and oxygen atoms in total. The average molecular weight is 327 g/mol. The molecule has 1 amide bonds. The first kappa shape index (κ1) is 16.3. The van der Waals surface area contributed by atoms with E-state index in [1.807, 2.05) is 0 Å². The van der Waals surface area contributed by atoms with E-state index in [0.29, 0.717) is 10.8 Å². The van der Waals surface area contributed by atoms with E-state index in [1.54, 1.807) is 25.4 Å². The molecule has 0 fully saturated rings. The van der Waals surface area contributed by atoms with Gasteiger partial charge in [0.2, 0.25) is 5.91 Å². The monoisotopic (exact) mass is 327 g/mol. The number of carbonyl (C=O) groups excluding carboxylic acids is 1. The first-order valence-corrected chi connectivity index (χ1v) is 7.16. The van der Waals surface area contributed by atoms with E-state index < -0.39 is 17.0 Å². The molecule has 1 aromatic heterocycles. The van der Waals surface area contributed by atoms with Crippen molar-refractivity contribution in [2.24, 2.45) is 0 Å². The van der Waals surface area contributed by atoms with Crippen LogP contribution in [0.5, 0.6) is 0 Å². The number of carbonyl (C=O) groups is 1. The lowest BCUT2D eigenvalue weighted by atomic mass is 10.2. The molecule has 8 heteroatoms. The molecule has 0 aliphatic rings. The Labute approximate surface area is 129 Å². The second-order valence-corrected chi connectivity index (χ2v) is 5.66. The Morgan fingerprint density at radius 1 is 1.18 bits per heavy atom. The number of anilines is 1. The van der Waals surface area contributed by atoms with Crippen LogP contribution in [0.15, 0.2) is 47.9 Å². The van der Waals surface area contributed by atoms with Gasteiger partial charge in [0.1, 0.15) is 0 Å². The molecule has 1 heterocycles. The standard InChI is InChI=1S/C14H12F3N3OS/c1-9(22-13-18-7-2-8-19-13)12(21)20-11-5-3-10(4-6-11)14(15,16)17/h2-9H,1H3,(H,20,21)/t9-/m1/s1. The van der Waals surface area contributed by atoms with Gasteiger partial charge in [-0.1, -0.05) is 11.8 Å². The van der Waals surface area contributed by atoms with Crippen LogP contribution in [0, 0.1) is 0 Å². The number of aromatic nitrogens is 2. The third-order valence-electron chi connectivity index (χ3n) is 2.67. The maximum Gasteiger partial charge on any atom is 0.416 e. The lowest BCUT2D eigenvalue weighted by Crippen LogP contribution is -2.22. The molecule has 1 N–H and O–H groups in total. The summed E-state index contributed by atoms with van der Waals surface area (Å²) in [6, 6.07) is 5.95. The Hall–Kier alpha value is -2.09. The van der Waals surface area contributed by atoms with Crippen molar-refractivity contribution in [1.29, 1.82) is 0 Å². The average Bonchev–Trinajstić information content (AvgIpc) is 2.48. The highest BCUT2D eigenvalue weighted by Gasteiger charge is 2.30.